The van der Waals surface area contributed by atoms with Gasteiger partial charge in [0.25, 0.3) is 5.91 Å². The van der Waals surface area contributed by atoms with E-state index in [1.807, 2.05) is 80.7 Å². The molecule has 7 heteroatoms. The van der Waals surface area contributed by atoms with Crippen molar-refractivity contribution in [3.63, 3.8) is 0 Å². The predicted molar refractivity (Wildman–Crippen MR) is 194 cm³/mol. The average Bonchev–Trinajstić information content (AvgIpc) is 3.74. The second kappa shape index (κ2) is 12.4. The van der Waals surface area contributed by atoms with Crippen LogP contribution in [0.1, 0.15) is 51.5 Å². The number of H-pyrrole nitrogens is 1. The molecule has 3 heterocycles. The van der Waals surface area contributed by atoms with E-state index in [9.17, 15) is 4.79 Å². The molecule has 0 saturated heterocycles. The standard InChI is InChI=1S/C42H34N6O/c1-28-25-31(23-24-43-28)39-35-26-36-37(46-40(45-36)41(49)44-29(2)30-15-7-3-8-16-30)27-38(35)48(47-39)42(32-17-9-4-10-18-32,33-19-11-5-12-20-33)34-21-13-6-14-22-34/h3-27,29H,1-2H3,(H,44,49)(H,45,46). The van der Waals surface area contributed by atoms with Crippen molar-refractivity contribution in [1.29, 1.82) is 0 Å². The molecule has 2 N–H and O–H groups in total. The summed E-state index contributed by atoms with van der Waals surface area (Å²) in [4.78, 5) is 26.1. The van der Waals surface area contributed by atoms with Gasteiger partial charge in [0, 0.05) is 22.8 Å². The summed E-state index contributed by atoms with van der Waals surface area (Å²) < 4.78 is 2.14. The number of hydrogen-bond acceptors (Lipinski definition) is 4. The van der Waals surface area contributed by atoms with Gasteiger partial charge < -0.3 is 10.3 Å². The fourth-order valence-electron chi connectivity index (χ4n) is 6.88. The van der Waals surface area contributed by atoms with E-state index < -0.39 is 5.54 Å². The van der Waals surface area contributed by atoms with Crippen molar-refractivity contribution in [2.75, 3.05) is 0 Å². The third-order valence-electron chi connectivity index (χ3n) is 9.21. The highest BCUT2D eigenvalue weighted by molar-refractivity contribution is 6.03. The lowest BCUT2D eigenvalue weighted by molar-refractivity contribution is 0.0930. The van der Waals surface area contributed by atoms with Gasteiger partial charge >= 0.3 is 0 Å². The number of carbonyl (C=O) groups is 1. The second-order valence-corrected chi connectivity index (χ2v) is 12.3. The molecule has 3 aromatic heterocycles. The maximum atomic E-state index is 13.5. The van der Waals surface area contributed by atoms with E-state index in [1.165, 1.54) is 0 Å². The first-order chi connectivity index (χ1) is 24.0. The van der Waals surface area contributed by atoms with Crippen LogP contribution in [0.3, 0.4) is 0 Å². The van der Waals surface area contributed by atoms with Crippen molar-refractivity contribution >= 4 is 27.8 Å². The van der Waals surface area contributed by atoms with Crippen molar-refractivity contribution < 1.29 is 4.79 Å². The molecular weight excluding hydrogens is 605 g/mol. The third kappa shape index (κ3) is 5.26. The summed E-state index contributed by atoms with van der Waals surface area (Å²) in [5.74, 6) is -0.0119. The van der Waals surface area contributed by atoms with Gasteiger partial charge in [-0.25, -0.2) is 9.67 Å². The van der Waals surface area contributed by atoms with E-state index >= 15 is 0 Å². The highest BCUT2D eigenvalue weighted by atomic mass is 16.2. The van der Waals surface area contributed by atoms with Crippen molar-refractivity contribution in [3.8, 4) is 11.3 Å². The summed E-state index contributed by atoms with van der Waals surface area (Å²) in [6.07, 6.45) is 1.82. The fourth-order valence-corrected chi connectivity index (χ4v) is 6.88. The molecule has 0 aliphatic heterocycles. The Hall–Kier alpha value is -6.34. The number of fused-ring (bicyclic) bond motifs is 2. The van der Waals surface area contributed by atoms with Gasteiger partial charge in [0.05, 0.1) is 22.6 Å². The number of pyridine rings is 1. The molecule has 0 bridgehead atoms. The predicted octanol–water partition coefficient (Wildman–Crippen LogP) is 8.61. The van der Waals surface area contributed by atoms with Gasteiger partial charge in [-0.05, 0) is 60.4 Å². The Morgan fingerprint density at radius 3 is 1.90 bits per heavy atom. The minimum Gasteiger partial charge on any atom is -0.343 e. The molecule has 0 saturated carbocycles. The van der Waals surface area contributed by atoms with Gasteiger partial charge in [0.15, 0.2) is 5.82 Å². The highest BCUT2D eigenvalue weighted by Gasteiger charge is 2.41. The van der Waals surface area contributed by atoms with E-state index in [2.05, 4.69) is 105 Å². The van der Waals surface area contributed by atoms with E-state index in [-0.39, 0.29) is 17.8 Å². The molecular formula is C42H34N6O. The lowest BCUT2D eigenvalue weighted by Crippen LogP contribution is -2.38. The number of benzene rings is 5. The summed E-state index contributed by atoms with van der Waals surface area (Å²) in [5.41, 5.74) is 8.33. The van der Waals surface area contributed by atoms with Gasteiger partial charge in [-0.1, -0.05) is 121 Å². The van der Waals surface area contributed by atoms with Crippen LogP contribution < -0.4 is 5.32 Å². The van der Waals surface area contributed by atoms with Gasteiger partial charge in [-0.3, -0.25) is 9.78 Å². The summed E-state index contributed by atoms with van der Waals surface area (Å²) in [5, 5.41) is 9.52. The van der Waals surface area contributed by atoms with Crippen LogP contribution in [-0.4, -0.2) is 30.6 Å². The number of hydrogen-bond donors (Lipinski definition) is 2. The van der Waals surface area contributed by atoms with Crippen LogP contribution >= 0.6 is 0 Å². The molecule has 0 spiro atoms. The molecule has 0 radical (unpaired) electrons. The topological polar surface area (TPSA) is 88.5 Å². The first kappa shape index (κ1) is 30.0. The summed E-state index contributed by atoms with van der Waals surface area (Å²) in [6.45, 7) is 3.95. The first-order valence-corrected chi connectivity index (χ1v) is 16.4. The van der Waals surface area contributed by atoms with E-state index in [0.717, 1.165) is 55.6 Å². The normalized spacial score (nSPS) is 12.3. The average molecular weight is 639 g/mol. The Labute approximate surface area is 284 Å². The van der Waals surface area contributed by atoms with Crippen molar-refractivity contribution in [3.05, 3.63) is 186 Å². The quantitative estimate of drug-likeness (QED) is 0.163. The molecule has 49 heavy (non-hydrogen) atoms. The van der Waals surface area contributed by atoms with Crippen LogP contribution in [0, 0.1) is 6.92 Å². The first-order valence-electron chi connectivity index (χ1n) is 16.4. The maximum Gasteiger partial charge on any atom is 0.287 e. The minimum atomic E-state index is -0.846. The fraction of sp³-hybridized carbons (Fsp3) is 0.0952. The van der Waals surface area contributed by atoms with Crippen LogP contribution in [0.15, 0.2) is 152 Å². The largest absolute Gasteiger partial charge is 0.343 e. The second-order valence-electron chi connectivity index (χ2n) is 12.3. The highest BCUT2D eigenvalue weighted by Crippen LogP contribution is 2.44. The van der Waals surface area contributed by atoms with Crippen molar-refractivity contribution in [1.82, 2.24) is 30.0 Å². The third-order valence-corrected chi connectivity index (χ3v) is 9.21. The van der Waals surface area contributed by atoms with Crippen LogP contribution in [0.25, 0.3) is 33.2 Å². The number of imidazole rings is 1. The Balaban J connectivity index is 1.40. The molecule has 0 aliphatic carbocycles. The Morgan fingerprint density at radius 1 is 0.755 bits per heavy atom. The lowest BCUT2D eigenvalue weighted by atomic mass is 9.77. The Kier molecular flexibility index (Phi) is 7.57. The SMILES string of the molecule is Cc1cc(-c2nn(C(c3ccccc3)(c3ccccc3)c3ccccc3)c3cc4[nH]c(C(=O)NC(C)c5ccccc5)nc4cc23)ccn1. The summed E-state index contributed by atoms with van der Waals surface area (Å²) in [7, 11) is 0. The zero-order valence-corrected chi connectivity index (χ0v) is 27.2. The van der Waals surface area contributed by atoms with Crippen molar-refractivity contribution in [2.24, 2.45) is 0 Å². The molecule has 1 amide bonds. The van der Waals surface area contributed by atoms with Crippen molar-refractivity contribution in [2.45, 2.75) is 25.4 Å². The van der Waals surface area contributed by atoms with Crippen LogP contribution in [0.4, 0.5) is 0 Å². The molecule has 1 atom stereocenters. The molecule has 5 aromatic carbocycles. The monoisotopic (exact) mass is 638 g/mol. The number of carbonyl (C=O) groups excluding carboxylic acids is 1. The minimum absolute atomic E-state index is 0.181. The summed E-state index contributed by atoms with van der Waals surface area (Å²) in [6, 6.07) is 49.4. The molecule has 0 fully saturated rings. The van der Waals surface area contributed by atoms with E-state index in [0.29, 0.717) is 5.52 Å². The zero-order chi connectivity index (χ0) is 33.4. The Morgan fingerprint density at radius 2 is 1.33 bits per heavy atom. The number of rotatable bonds is 8. The number of aromatic nitrogens is 5. The van der Waals surface area contributed by atoms with Gasteiger partial charge in [-0.15, -0.1) is 0 Å². The Bertz CT molecular complexity index is 2300. The van der Waals surface area contributed by atoms with Gasteiger partial charge in [-0.2, -0.15) is 5.10 Å². The maximum absolute atomic E-state index is 13.5. The van der Waals surface area contributed by atoms with Crippen LogP contribution in [0.2, 0.25) is 0 Å². The number of nitrogens with one attached hydrogen (secondary N) is 2. The zero-order valence-electron chi connectivity index (χ0n) is 27.2. The molecule has 8 rings (SSSR count). The van der Waals surface area contributed by atoms with Crippen LogP contribution in [0.5, 0.6) is 0 Å². The number of amides is 1. The molecule has 0 aliphatic rings. The van der Waals surface area contributed by atoms with Crippen LogP contribution in [-0.2, 0) is 5.54 Å². The molecule has 238 valence electrons. The smallest absolute Gasteiger partial charge is 0.287 e. The van der Waals surface area contributed by atoms with Gasteiger partial charge in [0.1, 0.15) is 11.2 Å². The lowest BCUT2D eigenvalue weighted by Gasteiger charge is -2.37. The van der Waals surface area contributed by atoms with E-state index in [4.69, 9.17) is 10.1 Å². The van der Waals surface area contributed by atoms with Gasteiger partial charge in [0.2, 0.25) is 0 Å². The molecule has 1 unspecified atom stereocenters. The molecule has 8 aromatic rings. The molecule has 7 nitrogen and oxygen atoms in total. The number of aromatic amines is 1. The van der Waals surface area contributed by atoms with E-state index in [1.54, 1.807) is 0 Å². The summed E-state index contributed by atoms with van der Waals surface area (Å²) >= 11 is 0. The number of aryl methyl sites for hydroxylation is 1. The number of nitrogens with zero attached hydrogens (tertiary/aromatic N) is 4.